The van der Waals surface area contributed by atoms with E-state index >= 15 is 0 Å². The second-order valence-electron chi connectivity index (χ2n) is 7.51. The highest BCUT2D eigenvalue weighted by Gasteiger charge is 2.33. The van der Waals surface area contributed by atoms with Crippen molar-refractivity contribution in [1.29, 1.82) is 0 Å². The average Bonchev–Trinajstić information content (AvgIpc) is 3.05. The Hall–Kier alpha value is -2.63. The molecule has 1 aliphatic carbocycles. The van der Waals surface area contributed by atoms with Gasteiger partial charge < -0.3 is 9.47 Å². The predicted molar refractivity (Wildman–Crippen MR) is 98.6 cm³/mol. The van der Waals surface area contributed by atoms with Gasteiger partial charge in [0.1, 0.15) is 12.4 Å². The number of aryl methyl sites for hydroxylation is 1. The van der Waals surface area contributed by atoms with Crippen LogP contribution in [-0.4, -0.2) is 36.7 Å². The van der Waals surface area contributed by atoms with Crippen LogP contribution in [-0.2, 0) is 18.4 Å². The lowest BCUT2D eigenvalue weighted by atomic mass is 10.1. The summed E-state index contributed by atoms with van der Waals surface area (Å²) in [5, 5.41) is 4.28. The highest BCUT2D eigenvalue weighted by Crippen LogP contribution is 2.41. The van der Waals surface area contributed by atoms with Gasteiger partial charge in [0.05, 0.1) is 23.3 Å². The number of aromatic nitrogens is 4. The summed E-state index contributed by atoms with van der Waals surface area (Å²) in [6, 6.07) is 8.29. The fourth-order valence-electron chi connectivity index (χ4n) is 4.16. The Bertz CT molecular complexity index is 968. The molecule has 2 aromatic heterocycles. The Morgan fingerprint density at radius 2 is 2.08 bits per heavy atom. The Kier molecular flexibility index (Phi) is 3.58. The molecule has 3 heterocycles. The highest BCUT2D eigenvalue weighted by molar-refractivity contribution is 5.81. The summed E-state index contributed by atoms with van der Waals surface area (Å²) in [7, 11) is 1.92. The number of imidazole rings is 1. The molecule has 0 spiro atoms. The summed E-state index contributed by atoms with van der Waals surface area (Å²) >= 11 is 0. The second kappa shape index (κ2) is 5.97. The van der Waals surface area contributed by atoms with Gasteiger partial charge in [0, 0.05) is 31.3 Å². The fourth-order valence-corrected chi connectivity index (χ4v) is 4.16. The first-order valence-corrected chi connectivity index (χ1v) is 9.44. The normalized spacial score (nSPS) is 20.2. The molecule has 0 radical (unpaired) electrons. The van der Waals surface area contributed by atoms with Crippen LogP contribution in [0.5, 0.6) is 0 Å². The fraction of sp³-hybridized carbons (Fsp3) is 0.450. The molecule has 3 aromatic rings. The van der Waals surface area contributed by atoms with Gasteiger partial charge in [0.25, 0.3) is 0 Å². The van der Waals surface area contributed by atoms with E-state index in [1.807, 2.05) is 47.2 Å². The van der Waals surface area contributed by atoms with E-state index in [4.69, 9.17) is 4.98 Å². The molecule has 26 heavy (non-hydrogen) atoms. The number of carbonyl (C=O) groups excluding carboxylic acids is 1. The van der Waals surface area contributed by atoms with E-state index in [0.717, 1.165) is 41.8 Å². The number of para-hydroxylation sites is 2. The van der Waals surface area contributed by atoms with Crippen molar-refractivity contribution in [1.82, 2.24) is 24.2 Å². The van der Waals surface area contributed by atoms with Crippen LogP contribution in [0, 0.1) is 0 Å². The zero-order valence-corrected chi connectivity index (χ0v) is 15.0. The third kappa shape index (κ3) is 2.60. The minimum Gasteiger partial charge on any atom is -0.334 e. The monoisotopic (exact) mass is 349 g/mol. The molecule has 0 bridgehead atoms. The molecule has 134 valence electrons. The number of carbonyl (C=O) groups is 1. The zero-order valence-electron chi connectivity index (χ0n) is 15.0. The molecule has 6 heteroatoms. The van der Waals surface area contributed by atoms with E-state index in [0.29, 0.717) is 12.5 Å². The van der Waals surface area contributed by atoms with E-state index in [9.17, 15) is 4.79 Å². The molecule has 1 atom stereocenters. The summed E-state index contributed by atoms with van der Waals surface area (Å²) in [6.07, 6.45) is 8.33. The zero-order chi connectivity index (χ0) is 17.7. The van der Waals surface area contributed by atoms with Crippen molar-refractivity contribution in [3.05, 3.63) is 48.0 Å². The van der Waals surface area contributed by atoms with Crippen molar-refractivity contribution in [2.75, 3.05) is 6.54 Å². The standard InChI is InChI=1S/C20H23N5O/c1-23-12-15(11-21-23)17-7-4-10-24(17)19(26)13-25-18-6-3-2-5-16(18)22-20(25)14-8-9-14/h2-3,5-6,11-12,14,17H,4,7-10,13H2,1H3/t17-/m0/s1. The van der Waals surface area contributed by atoms with Gasteiger partial charge >= 0.3 is 0 Å². The van der Waals surface area contributed by atoms with Crippen LogP contribution in [0.15, 0.2) is 36.7 Å². The maximum Gasteiger partial charge on any atom is 0.243 e. The maximum absolute atomic E-state index is 13.2. The van der Waals surface area contributed by atoms with Crippen LogP contribution < -0.4 is 0 Å². The summed E-state index contributed by atoms with van der Waals surface area (Å²) in [5.74, 6) is 1.78. The minimum atomic E-state index is 0.148. The SMILES string of the molecule is Cn1cc([C@@H]2CCCN2C(=O)Cn2c(C3CC3)nc3ccccc32)cn1. The van der Waals surface area contributed by atoms with Gasteiger partial charge in [-0.25, -0.2) is 4.98 Å². The molecule has 2 fully saturated rings. The Morgan fingerprint density at radius 1 is 1.23 bits per heavy atom. The molecule has 1 saturated carbocycles. The summed E-state index contributed by atoms with van der Waals surface area (Å²) in [4.78, 5) is 20.0. The molecule has 5 rings (SSSR count). The summed E-state index contributed by atoms with van der Waals surface area (Å²) < 4.78 is 3.96. The van der Waals surface area contributed by atoms with Gasteiger partial charge in [0.15, 0.2) is 0 Å². The summed E-state index contributed by atoms with van der Waals surface area (Å²) in [5.41, 5.74) is 3.20. The molecule has 1 aliphatic heterocycles. The van der Waals surface area contributed by atoms with Gasteiger partial charge in [-0.3, -0.25) is 9.48 Å². The van der Waals surface area contributed by atoms with Crippen molar-refractivity contribution in [2.45, 2.75) is 44.2 Å². The highest BCUT2D eigenvalue weighted by atomic mass is 16.2. The lowest BCUT2D eigenvalue weighted by Gasteiger charge is -2.24. The van der Waals surface area contributed by atoms with Crippen LogP contribution in [0.1, 0.15) is 49.0 Å². The molecular weight excluding hydrogens is 326 g/mol. The Morgan fingerprint density at radius 3 is 2.85 bits per heavy atom. The smallest absolute Gasteiger partial charge is 0.243 e. The molecule has 1 aromatic carbocycles. The van der Waals surface area contributed by atoms with Crippen molar-refractivity contribution in [3.63, 3.8) is 0 Å². The molecule has 0 N–H and O–H groups in total. The maximum atomic E-state index is 13.2. The van der Waals surface area contributed by atoms with Crippen molar-refractivity contribution >= 4 is 16.9 Å². The first kappa shape index (κ1) is 15.6. The number of likely N-dealkylation sites (tertiary alicyclic amines) is 1. The number of hydrogen-bond acceptors (Lipinski definition) is 3. The molecule has 1 saturated heterocycles. The lowest BCUT2D eigenvalue weighted by Crippen LogP contribution is -2.33. The van der Waals surface area contributed by atoms with Crippen LogP contribution >= 0.6 is 0 Å². The van der Waals surface area contributed by atoms with Crippen molar-refractivity contribution < 1.29 is 4.79 Å². The molecule has 6 nitrogen and oxygen atoms in total. The largest absolute Gasteiger partial charge is 0.334 e. The van der Waals surface area contributed by atoms with Crippen LogP contribution in [0.4, 0.5) is 0 Å². The first-order valence-electron chi connectivity index (χ1n) is 9.44. The first-order chi connectivity index (χ1) is 12.7. The van der Waals surface area contributed by atoms with E-state index < -0.39 is 0 Å². The Balaban J connectivity index is 1.45. The van der Waals surface area contributed by atoms with Crippen molar-refractivity contribution in [2.24, 2.45) is 7.05 Å². The molecule has 0 unspecified atom stereocenters. The topological polar surface area (TPSA) is 56.0 Å². The summed E-state index contributed by atoms with van der Waals surface area (Å²) in [6.45, 7) is 1.20. The van der Waals surface area contributed by atoms with E-state index in [1.165, 1.54) is 12.8 Å². The third-order valence-corrected chi connectivity index (χ3v) is 5.60. The number of benzene rings is 1. The number of nitrogens with zero attached hydrogens (tertiary/aromatic N) is 5. The van der Waals surface area contributed by atoms with Gasteiger partial charge in [-0.1, -0.05) is 12.1 Å². The molecule has 2 aliphatic rings. The average molecular weight is 349 g/mol. The van der Waals surface area contributed by atoms with Gasteiger partial charge in [0.2, 0.25) is 5.91 Å². The predicted octanol–water partition coefficient (Wildman–Crippen LogP) is 3.01. The van der Waals surface area contributed by atoms with E-state index in [-0.39, 0.29) is 11.9 Å². The van der Waals surface area contributed by atoms with Crippen LogP contribution in [0.25, 0.3) is 11.0 Å². The van der Waals surface area contributed by atoms with Crippen LogP contribution in [0.2, 0.25) is 0 Å². The number of fused-ring (bicyclic) bond motifs is 1. The van der Waals surface area contributed by atoms with Crippen LogP contribution in [0.3, 0.4) is 0 Å². The molecular formula is C20H23N5O. The quantitative estimate of drug-likeness (QED) is 0.727. The number of amides is 1. The lowest BCUT2D eigenvalue weighted by molar-refractivity contribution is -0.132. The van der Waals surface area contributed by atoms with Crippen molar-refractivity contribution in [3.8, 4) is 0 Å². The second-order valence-corrected chi connectivity index (χ2v) is 7.51. The number of rotatable bonds is 4. The Labute approximate surface area is 152 Å². The third-order valence-electron chi connectivity index (χ3n) is 5.60. The number of hydrogen-bond donors (Lipinski definition) is 0. The minimum absolute atomic E-state index is 0.148. The van der Waals surface area contributed by atoms with Gasteiger partial charge in [-0.15, -0.1) is 0 Å². The van der Waals surface area contributed by atoms with E-state index in [1.54, 1.807) is 0 Å². The van der Waals surface area contributed by atoms with E-state index in [2.05, 4.69) is 15.7 Å². The van der Waals surface area contributed by atoms with Gasteiger partial charge in [-0.05, 0) is 37.8 Å². The van der Waals surface area contributed by atoms with Gasteiger partial charge in [-0.2, -0.15) is 5.10 Å². The molecule has 1 amide bonds.